The smallest absolute Gasteiger partial charge is 0.251 e. The van der Waals surface area contributed by atoms with Crippen LogP contribution in [-0.4, -0.2) is 40.5 Å². The van der Waals surface area contributed by atoms with Gasteiger partial charge >= 0.3 is 0 Å². The minimum Gasteiger partial charge on any atom is -0.340 e. The van der Waals surface area contributed by atoms with Crippen LogP contribution < -0.4 is 0 Å². The Kier molecular flexibility index (Phi) is 2.81. The van der Waals surface area contributed by atoms with Gasteiger partial charge in [0.25, 0.3) is 5.91 Å². The molecule has 3 rings (SSSR count). The van der Waals surface area contributed by atoms with E-state index in [0.717, 1.165) is 10.5 Å². The van der Waals surface area contributed by atoms with Crippen molar-refractivity contribution in [1.29, 1.82) is 5.41 Å². The number of amidine groups is 1. The second-order valence-electron chi connectivity index (χ2n) is 5.12. The number of nitrogens with one attached hydrogen (secondary N) is 1. The molecule has 1 saturated heterocycles. The molecule has 0 radical (unpaired) electrons. The van der Waals surface area contributed by atoms with Gasteiger partial charge in [0, 0.05) is 25.6 Å². The summed E-state index contributed by atoms with van der Waals surface area (Å²) in [4.78, 5) is 26.4. The number of rotatable bonds is 1. The summed E-state index contributed by atoms with van der Waals surface area (Å²) in [6.45, 7) is 0.410. The zero-order chi connectivity index (χ0) is 14.4. The molecule has 1 aromatic rings. The highest BCUT2D eigenvalue weighted by molar-refractivity contribution is 6.06. The summed E-state index contributed by atoms with van der Waals surface area (Å²) in [5.74, 6) is -0.724. The SMILES string of the molecule is CN1C(=O)CCC(N2Cc3ccc(F)cc3C2=N)C1=O. The van der Waals surface area contributed by atoms with Gasteiger partial charge < -0.3 is 4.90 Å². The van der Waals surface area contributed by atoms with Crippen LogP contribution in [0, 0.1) is 11.2 Å². The Labute approximate surface area is 115 Å². The average molecular weight is 275 g/mol. The van der Waals surface area contributed by atoms with Gasteiger partial charge in [0.05, 0.1) is 0 Å². The van der Waals surface area contributed by atoms with Crippen molar-refractivity contribution in [3.8, 4) is 0 Å². The minimum atomic E-state index is -0.513. The van der Waals surface area contributed by atoms with Crippen LogP contribution in [0.2, 0.25) is 0 Å². The Bertz CT molecular complexity index is 629. The number of fused-ring (bicyclic) bond motifs is 1. The zero-order valence-corrected chi connectivity index (χ0v) is 11.0. The van der Waals surface area contributed by atoms with Crippen LogP contribution in [0.4, 0.5) is 4.39 Å². The molecule has 0 spiro atoms. The van der Waals surface area contributed by atoms with Gasteiger partial charge in [0.2, 0.25) is 5.91 Å². The van der Waals surface area contributed by atoms with Gasteiger partial charge in [-0.1, -0.05) is 6.07 Å². The number of likely N-dealkylation sites (N-methyl/N-ethyl adjacent to an activating group) is 1. The van der Waals surface area contributed by atoms with Crippen LogP contribution in [0.5, 0.6) is 0 Å². The van der Waals surface area contributed by atoms with Crippen molar-refractivity contribution in [2.45, 2.75) is 25.4 Å². The largest absolute Gasteiger partial charge is 0.340 e. The topological polar surface area (TPSA) is 64.5 Å². The van der Waals surface area contributed by atoms with Crippen LogP contribution in [-0.2, 0) is 16.1 Å². The molecule has 2 amide bonds. The number of likely N-dealkylation sites (tertiary alicyclic amines) is 1. The second kappa shape index (κ2) is 4.40. The zero-order valence-electron chi connectivity index (χ0n) is 11.0. The Morgan fingerprint density at radius 1 is 1.35 bits per heavy atom. The number of imide groups is 1. The number of benzene rings is 1. The van der Waals surface area contributed by atoms with Gasteiger partial charge in [0.1, 0.15) is 17.7 Å². The lowest BCUT2D eigenvalue weighted by molar-refractivity contribution is -0.149. The minimum absolute atomic E-state index is 0.153. The highest BCUT2D eigenvalue weighted by atomic mass is 19.1. The Morgan fingerprint density at radius 3 is 2.85 bits per heavy atom. The quantitative estimate of drug-likeness (QED) is 0.781. The molecule has 0 bridgehead atoms. The average Bonchev–Trinajstić information content (AvgIpc) is 2.74. The first-order chi connectivity index (χ1) is 9.49. The summed E-state index contributed by atoms with van der Waals surface area (Å²) in [6, 6.07) is 3.80. The molecule has 0 aromatic heterocycles. The molecule has 1 N–H and O–H groups in total. The van der Waals surface area contributed by atoms with Gasteiger partial charge in [-0.3, -0.25) is 19.9 Å². The number of carbonyl (C=O) groups is 2. The molecule has 1 atom stereocenters. The van der Waals surface area contributed by atoms with E-state index in [-0.39, 0.29) is 17.6 Å². The van der Waals surface area contributed by atoms with E-state index in [2.05, 4.69) is 0 Å². The predicted octanol–water partition coefficient (Wildman–Crippen LogP) is 1.11. The van der Waals surface area contributed by atoms with Crippen LogP contribution in [0.1, 0.15) is 24.0 Å². The molecule has 6 heteroatoms. The Morgan fingerprint density at radius 2 is 2.10 bits per heavy atom. The first-order valence-electron chi connectivity index (χ1n) is 6.43. The third-order valence-electron chi connectivity index (χ3n) is 3.95. The van der Waals surface area contributed by atoms with E-state index in [1.165, 1.54) is 19.2 Å². The van der Waals surface area contributed by atoms with Crippen LogP contribution >= 0.6 is 0 Å². The molecule has 1 aromatic carbocycles. The molecular formula is C14H14FN3O2. The highest BCUT2D eigenvalue weighted by Crippen LogP contribution is 2.29. The van der Waals surface area contributed by atoms with Crippen molar-refractivity contribution in [2.75, 3.05) is 7.05 Å². The van der Waals surface area contributed by atoms with Gasteiger partial charge in [-0.15, -0.1) is 0 Å². The molecule has 2 aliphatic rings. The molecule has 5 nitrogen and oxygen atoms in total. The van der Waals surface area contributed by atoms with E-state index >= 15 is 0 Å². The molecule has 1 fully saturated rings. The molecule has 0 aliphatic carbocycles. The van der Waals surface area contributed by atoms with Crippen LogP contribution in [0.15, 0.2) is 18.2 Å². The Hall–Kier alpha value is -2.24. The fourth-order valence-electron chi connectivity index (χ4n) is 2.78. The molecule has 2 heterocycles. The van der Waals surface area contributed by atoms with Crippen LogP contribution in [0.25, 0.3) is 0 Å². The molecule has 2 aliphatic heterocycles. The van der Waals surface area contributed by atoms with Crippen molar-refractivity contribution < 1.29 is 14.0 Å². The molecule has 104 valence electrons. The van der Waals surface area contributed by atoms with Crippen LogP contribution in [0.3, 0.4) is 0 Å². The number of carbonyl (C=O) groups excluding carboxylic acids is 2. The van der Waals surface area contributed by atoms with E-state index in [1.807, 2.05) is 0 Å². The van der Waals surface area contributed by atoms with Crippen molar-refractivity contribution in [3.63, 3.8) is 0 Å². The summed E-state index contributed by atoms with van der Waals surface area (Å²) in [5, 5.41) is 8.13. The maximum Gasteiger partial charge on any atom is 0.251 e. The lowest BCUT2D eigenvalue weighted by Crippen LogP contribution is -2.53. The third kappa shape index (κ3) is 1.79. The van der Waals surface area contributed by atoms with Gasteiger partial charge in [-0.05, 0) is 24.1 Å². The molecule has 1 unspecified atom stereocenters. The van der Waals surface area contributed by atoms with Gasteiger partial charge in [-0.2, -0.15) is 0 Å². The maximum absolute atomic E-state index is 13.3. The number of hydrogen-bond donors (Lipinski definition) is 1. The lowest BCUT2D eigenvalue weighted by Gasteiger charge is -2.34. The van der Waals surface area contributed by atoms with E-state index < -0.39 is 11.9 Å². The van der Waals surface area contributed by atoms with Gasteiger partial charge in [0.15, 0.2) is 0 Å². The number of amides is 2. The van der Waals surface area contributed by atoms with E-state index in [1.54, 1.807) is 11.0 Å². The van der Waals surface area contributed by atoms with Crippen molar-refractivity contribution in [3.05, 3.63) is 35.1 Å². The lowest BCUT2D eigenvalue weighted by atomic mass is 10.0. The summed E-state index contributed by atoms with van der Waals surface area (Å²) in [5.41, 5.74) is 1.36. The molecular weight excluding hydrogens is 261 g/mol. The maximum atomic E-state index is 13.3. The molecule has 0 saturated carbocycles. The van der Waals surface area contributed by atoms with Gasteiger partial charge in [-0.25, -0.2) is 4.39 Å². The highest BCUT2D eigenvalue weighted by Gasteiger charge is 2.39. The van der Waals surface area contributed by atoms with E-state index in [0.29, 0.717) is 24.9 Å². The number of hydrogen-bond acceptors (Lipinski definition) is 3. The standard InChI is InChI=1S/C14H14FN3O2/c1-17-12(19)5-4-11(14(17)20)18-7-8-2-3-9(15)6-10(8)13(18)16/h2-3,6,11,16H,4-5,7H2,1H3. The normalized spacial score (nSPS) is 22.5. The second-order valence-corrected chi connectivity index (χ2v) is 5.12. The Balaban J connectivity index is 1.89. The first kappa shape index (κ1) is 12.8. The number of piperidine rings is 1. The number of halogens is 1. The van der Waals surface area contributed by atoms with E-state index in [9.17, 15) is 14.0 Å². The fraction of sp³-hybridized carbons (Fsp3) is 0.357. The third-order valence-corrected chi connectivity index (χ3v) is 3.95. The fourth-order valence-corrected chi connectivity index (χ4v) is 2.78. The monoisotopic (exact) mass is 275 g/mol. The van der Waals surface area contributed by atoms with Crippen molar-refractivity contribution >= 4 is 17.6 Å². The summed E-state index contributed by atoms with van der Waals surface area (Å²) < 4.78 is 13.3. The van der Waals surface area contributed by atoms with Crippen molar-refractivity contribution in [2.24, 2.45) is 0 Å². The summed E-state index contributed by atoms with van der Waals surface area (Å²) in [7, 11) is 1.46. The first-order valence-corrected chi connectivity index (χ1v) is 6.43. The van der Waals surface area contributed by atoms with Crippen molar-refractivity contribution in [1.82, 2.24) is 9.80 Å². The summed E-state index contributed by atoms with van der Waals surface area (Å²) >= 11 is 0. The summed E-state index contributed by atoms with van der Waals surface area (Å²) in [6.07, 6.45) is 0.697. The number of nitrogens with zero attached hydrogens (tertiary/aromatic N) is 2. The van der Waals surface area contributed by atoms with E-state index in [4.69, 9.17) is 5.41 Å². The molecule has 20 heavy (non-hydrogen) atoms. The predicted molar refractivity (Wildman–Crippen MR) is 69.6 cm³/mol.